The van der Waals surface area contributed by atoms with E-state index >= 15 is 0 Å². The molecule has 1 atom stereocenters. The van der Waals surface area contributed by atoms with Crippen LogP contribution >= 0.6 is 11.6 Å². The van der Waals surface area contributed by atoms with Crippen LogP contribution in [0.5, 0.6) is 0 Å². The van der Waals surface area contributed by atoms with E-state index in [-0.39, 0.29) is 6.04 Å². The van der Waals surface area contributed by atoms with E-state index in [0.29, 0.717) is 23.1 Å². The third kappa shape index (κ3) is 5.40. The molecule has 2 heterocycles. The Hall–Kier alpha value is -3.29. The van der Waals surface area contributed by atoms with Crippen molar-refractivity contribution < 1.29 is 0 Å². The molecule has 0 fully saturated rings. The van der Waals surface area contributed by atoms with Crippen LogP contribution in [0.15, 0.2) is 73.2 Å². The summed E-state index contributed by atoms with van der Waals surface area (Å²) in [6.45, 7) is 1.53. The minimum atomic E-state index is -0.106. The van der Waals surface area contributed by atoms with Crippen LogP contribution < -0.4 is 10.6 Å². The van der Waals surface area contributed by atoms with Crippen LogP contribution in [-0.4, -0.2) is 38.2 Å². The lowest BCUT2D eigenvalue weighted by Gasteiger charge is -2.18. The average molecular weight is 420 g/mol. The molecule has 0 aliphatic carbocycles. The molecule has 4 aromatic rings. The Morgan fingerprint density at radius 2 is 1.83 bits per heavy atom. The predicted molar refractivity (Wildman–Crippen MR) is 118 cm³/mol. The Labute approximate surface area is 180 Å². The van der Waals surface area contributed by atoms with E-state index in [2.05, 4.69) is 60.0 Å². The first-order chi connectivity index (χ1) is 14.8. The Bertz CT molecular complexity index is 1040. The summed E-state index contributed by atoms with van der Waals surface area (Å²) in [4.78, 5) is 12.8. The van der Waals surface area contributed by atoms with Crippen molar-refractivity contribution in [3.05, 3.63) is 89.6 Å². The van der Waals surface area contributed by atoms with Gasteiger partial charge in [0.15, 0.2) is 5.82 Å². The van der Waals surface area contributed by atoms with Crippen molar-refractivity contribution in [3.8, 4) is 11.5 Å². The molecular formula is C22H22ClN7. The summed E-state index contributed by atoms with van der Waals surface area (Å²) in [6, 6.07) is 19.7. The molecule has 0 saturated heterocycles. The van der Waals surface area contributed by atoms with Gasteiger partial charge in [-0.25, -0.2) is 15.0 Å². The second-order valence-electron chi connectivity index (χ2n) is 6.78. The third-order valence-electron chi connectivity index (χ3n) is 4.61. The van der Waals surface area contributed by atoms with Gasteiger partial charge in [0.1, 0.15) is 17.8 Å². The number of anilines is 1. The molecule has 4 rings (SSSR count). The normalized spacial score (nSPS) is 11.9. The largest absolute Gasteiger partial charge is 0.374 e. The lowest BCUT2D eigenvalue weighted by Crippen LogP contribution is -2.28. The van der Waals surface area contributed by atoms with E-state index in [1.165, 1.54) is 11.9 Å². The lowest BCUT2D eigenvalue weighted by atomic mass is 10.1. The first-order valence-corrected chi connectivity index (χ1v) is 10.1. The molecule has 0 aliphatic heterocycles. The van der Waals surface area contributed by atoms with Gasteiger partial charge in [0.2, 0.25) is 0 Å². The summed E-state index contributed by atoms with van der Waals surface area (Å²) >= 11 is 6.02. The highest BCUT2D eigenvalue weighted by Crippen LogP contribution is 2.20. The lowest BCUT2D eigenvalue weighted by molar-refractivity contribution is 0.603. The summed E-state index contributed by atoms with van der Waals surface area (Å²) in [6.07, 6.45) is 4.12. The van der Waals surface area contributed by atoms with E-state index in [1.807, 2.05) is 30.3 Å². The van der Waals surface area contributed by atoms with Gasteiger partial charge in [-0.1, -0.05) is 41.9 Å². The minimum absolute atomic E-state index is 0.106. The zero-order valence-electron chi connectivity index (χ0n) is 16.3. The highest BCUT2D eigenvalue weighted by molar-refractivity contribution is 6.30. The Morgan fingerprint density at radius 3 is 2.60 bits per heavy atom. The van der Waals surface area contributed by atoms with Gasteiger partial charge >= 0.3 is 0 Å². The van der Waals surface area contributed by atoms with Gasteiger partial charge < -0.3 is 10.6 Å². The van der Waals surface area contributed by atoms with Crippen LogP contribution in [0.3, 0.4) is 0 Å². The number of hydrogen-bond acceptors (Lipinski definition) is 6. The molecule has 2 aromatic heterocycles. The SMILES string of the molecule is Clc1ccc(NC(CNCCc2ccccc2)c2nc(-c3ccncn3)n[nH]2)cc1. The fraction of sp³-hybridized carbons (Fsp3) is 0.182. The molecule has 0 saturated carbocycles. The minimum Gasteiger partial charge on any atom is -0.374 e. The highest BCUT2D eigenvalue weighted by Gasteiger charge is 2.17. The molecule has 152 valence electrons. The average Bonchev–Trinajstić information content (AvgIpc) is 3.29. The summed E-state index contributed by atoms with van der Waals surface area (Å²) in [7, 11) is 0. The summed E-state index contributed by atoms with van der Waals surface area (Å²) < 4.78 is 0. The van der Waals surface area contributed by atoms with Gasteiger partial charge in [0, 0.05) is 23.5 Å². The zero-order chi connectivity index (χ0) is 20.6. The van der Waals surface area contributed by atoms with Crippen LogP contribution in [0.4, 0.5) is 5.69 Å². The fourth-order valence-electron chi connectivity index (χ4n) is 3.05. The molecule has 2 aromatic carbocycles. The summed E-state index contributed by atoms with van der Waals surface area (Å²) in [5.74, 6) is 1.27. The van der Waals surface area contributed by atoms with Crippen molar-refractivity contribution in [2.75, 3.05) is 18.4 Å². The summed E-state index contributed by atoms with van der Waals surface area (Å²) in [5.41, 5.74) is 2.93. The molecule has 0 radical (unpaired) electrons. The second kappa shape index (κ2) is 9.96. The van der Waals surface area contributed by atoms with Crippen LogP contribution in [0, 0.1) is 0 Å². The maximum Gasteiger partial charge on any atom is 0.199 e. The van der Waals surface area contributed by atoms with Gasteiger partial charge in [-0.05, 0) is 48.9 Å². The molecule has 3 N–H and O–H groups in total. The molecule has 1 unspecified atom stereocenters. The fourth-order valence-corrected chi connectivity index (χ4v) is 3.18. The molecule has 8 heteroatoms. The number of H-pyrrole nitrogens is 1. The molecule has 30 heavy (non-hydrogen) atoms. The van der Waals surface area contributed by atoms with Crippen molar-refractivity contribution in [1.82, 2.24) is 30.5 Å². The molecule has 0 aliphatic rings. The van der Waals surface area contributed by atoms with Crippen molar-refractivity contribution in [2.45, 2.75) is 12.5 Å². The van der Waals surface area contributed by atoms with Gasteiger partial charge in [-0.15, -0.1) is 0 Å². The number of nitrogens with one attached hydrogen (secondary N) is 3. The smallest absolute Gasteiger partial charge is 0.199 e. The molecule has 0 spiro atoms. The standard InChI is InChI=1S/C22H22ClN7/c23-17-6-8-18(9-7-17)27-20(14-24-12-10-16-4-2-1-3-5-16)22-28-21(29-30-22)19-11-13-25-15-26-19/h1-9,11,13,15,20,24,27H,10,12,14H2,(H,28,29,30). The Morgan fingerprint density at radius 1 is 1.00 bits per heavy atom. The van der Waals surface area contributed by atoms with Crippen molar-refractivity contribution in [2.24, 2.45) is 0 Å². The molecular weight excluding hydrogens is 398 g/mol. The number of halogens is 1. The first kappa shape index (κ1) is 20.0. The topological polar surface area (TPSA) is 91.4 Å². The zero-order valence-corrected chi connectivity index (χ0v) is 17.0. The van der Waals surface area contributed by atoms with E-state index in [1.54, 1.807) is 12.3 Å². The van der Waals surface area contributed by atoms with Gasteiger partial charge in [-0.3, -0.25) is 5.10 Å². The van der Waals surface area contributed by atoms with Crippen LogP contribution in [-0.2, 0) is 6.42 Å². The van der Waals surface area contributed by atoms with Crippen LogP contribution in [0.25, 0.3) is 11.5 Å². The van der Waals surface area contributed by atoms with Crippen LogP contribution in [0.2, 0.25) is 5.02 Å². The first-order valence-electron chi connectivity index (χ1n) is 9.73. The number of nitrogens with zero attached hydrogens (tertiary/aromatic N) is 4. The van der Waals surface area contributed by atoms with Crippen LogP contribution in [0.1, 0.15) is 17.4 Å². The maximum absolute atomic E-state index is 6.02. The van der Waals surface area contributed by atoms with E-state index in [4.69, 9.17) is 11.6 Å². The monoisotopic (exact) mass is 419 g/mol. The number of rotatable bonds is 9. The Balaban J connectivity index is 1.45. The number of hydrogen-bond donors (Lipinski definition) is 3. The molecule has 0 bridgehead atoms. The van der Waals surface area contributed by atoms with E-state index < -0.39 is 0 Å². The van der Waals surface area contributed by atoms with Gasteiger partial charge in [-0.2, -0.15) is 5.10 Å². The second-order valence-corrected chi connectivity index (χ2v) is 7.22. The van der Waals surface area contributed by atoms with E-state index in [9.17, 15) is 0 Å². The van der Waals surface area contributed by atoms with E-state index in [0.717, 1.165) is 24.5 Å². The van der Waals surface area contributed by atoms with Crippen molar-refractivity contribution in [3.63, 3.8) is 0 Å². The Kier molecular flexibility index (Phi) is 6.64. The molecule has 7 nitrogen and oxygen atoms in total. The maximum atomic E-state index is 6.02. The summed E-state index contributed by atoms with van der Waals surface area (Å²) in [5, 5.41) is 15.1. The number of aromatic amines is 1. The number of aromatic nitrogens is 5. The van der Waals surface area contributed by atoms with Crippen molar-refractivity contribution >= 4 is 17.3 Å². The van der Waals surface area contributed by atoms with Gasteiger partial charge in [0.05, 0.1) is 6.04 Å². The highest BCUT2D eigenvalue weighted by atomic mass is 35.5. The predicted octanol–water partition coefficient (Wildman–Crippen LogP) is 3.90. The van der Waals surface area contributed by atoms with Gasteiger partial charge in [0.25, 0.3) is 0 Å². The molecule has 0 amide bonds. The number of benzene rings is 2. The quantitative estimate of drug-likeness (QED) is 0.356. The van der Waals surface area contributed by atoms with Crippen molar-refractivity contribution in [1.29, 1.82) is 0 Å². The third-order valence-corrected chi connectivity index (χ3v) is 4.86.